The SMILES string of the molecule is CC(CN)C(=O)N1CCC(Cc2ccc(F)cc2)C1. The molecule has 0 aliphatic carbocycles. The Labute approximate surface area is 113 Å². The highest BCUT2D eigenvalue weighted by atomic mass is 19.1. The van der Waals surface area contributed by atoms with E-state index < -0.39 is 0 Å². The second-order valence-electron chi connectivity index (χ2n) is 5.41. The highest BCUT2D eigenvalue weighted by Gasteiger charge is 2.28. The van der Waals surface area contributed by atoms with Crippen molar-refractivity contribution in [3.8, 4) is 0 Å². The van der Waals surface area contributed by atoms with Crippen molar-refractivity contribution in [2.24, 2.45) is 17.6 Å². The predicted octanol–water partition coefficient (Wildman–Crippen LogP) is 1.81. The number of amides is 1. The molecule has 1 aliphatic rings. The third kappa shape index (κ3) is 3.53. The highest BCUT2D eigenvalue weighted by molar-refractivity contribution is 5.79. The molecule has 0 saturated carbocycles. The summed E-state index contributed by atoms with van der Waals surface area (Å²) in [6.45, 7) is 3.88. The number of hydrogen-bond acceptors (Lipinski definition) is 2. The van der Waals surface area contributed by atoms with Gasteiger partial charge in [0.2, 0.25) is 5.91 Å². The summed E-state index contributed by atoms with van der Waals surface area (Å²) in [7, 11) is 0. The van der Waals surface area contributed by atoms with Crippen LogP contribution < -0.4 is 5.73 Å². The lowest BCUT2D eigenvalue weighted by Gasteiger charge is -2.20. The van der Waals surface area contributed by atoms with Crippen LogP contribution in [0.3, 0.4) is 0 Å². The number of hydrogen-bond donors (Lipinski definition) is 1. The van der Waals surface area contributed by atoms with Gasteiger partial charge in [-0.1, -0.05) is 19.1 Å². The third-order valence-electron chi connectivity index (χ3n) is 3.81. The van der Waals surface area contributed by atoms with E-state index in [1.165, 1.54) is 12.1 Å². The van der Waals surface area contributed by atoms with Gasteiger partial charge in [-0.3, -0.25) is 4.79 Å². The largest absolute Gasteiger partial charge is 0.342 e. The van der Waals surface area contributed by atoms with Crippen molar-refractivity contribution in [3.05, 3.63) is 35.6 Å². The number of nitrogens with zero attached hydrogens (tertiary/aromatic N) is 1. The second-order valence-corrected chi connectivity index (χ2v) is 5.41. The van der Waals surface area contributed by atoms with Crippen LogP contribution in [-0.2, 0) is 11.2 Å². The summed E-state index contributed by atoms with van der Waals surface area (Å²) in [5.74, 6) is 0.330. The molecule has 0 aromatic heterocycles. The van der Waals surface area contributed by atoms with E-state index >= 15 is 0 Å². The zero-order valence-corrected chi connectivity index (χ0v) is 11.3. The van der Waals surface area contributed by atoms with E-state index in [0.717, 1.165) is 31.5 Å². The summed E-state index contributed by atoms with van der Waals surface area (Å²) < 4.78 is 12.8. The van der Waals surface area contributed by atoms with Gasteiger partial charge in [0.25, 0.3) is 0 Å². The number of likely N-dealkylation sites (tertiary alicyclic amines) is 1. The molecule has 2 unspecified atom stereocenters. The number of rotatable bonds is 4. The molecule has 1 heterocycles. The molecule has 3 nitrogen and oxygen atoms in total. The van der Waals surface area contributed by atoms with Crippen LogP contribution in [0.1, 0.15) is 18.9 Å². The molecular weight excluding hydrogens is 243 g/mol. The Balaban J connectivity index is 1.88. The molecule has 2 rings (SSSR count). The van der Waals surface area contributed by atoms with Crippen LogP contribution in [0.5, 0.6) is 0 Å². The number of halogens is 1. The maximum atomic E-state index is 12.8. The van der Waals surface area contributed by atoms with Crippen LogP contribution in [0.2, 0.25) is 0 Å². The minimum absolute atomic E-state index is 0.0930. The summed E-state index contributed by atoms with van der Waals surface area (Å²) >= 11 is 0. The van der Waals surface area contributed by atoms with E-state index in [2.05, 4.69) is 0 Å². The molecule has 0 bridgehead atoms. The molecule has 104 valence electrons. The van der Waals surface area contributed by atoms with Gasteiger partial charge in [-0.2, -0.15) is 0 Å². The van der Waals surface area contributed by atoms with Gasteiger partial charge >= 0.3 is 0 Å². The van der Waals surface area contributed by atoms with Gasteiger partial charge in [-0.25, -0.2) is 4.39 Å². The van der Waals surface area contributed by atoms with Crippen molar-refractivity contribution in [3.63, 3.8) is 0 Å². The Morgan fingerprint density at radius 2 is 2.16 bits per heavy atom. The lowest BCUT2D eigenvalue weighted by molar-refractivity contribution is -0.133. The average Bonchev–Trinajstić information content (AvgIpc) is 2.88. The summed E-state index contributed by atoms with van der Waals surface area (Å²) in [5, 5.41) is 0. The lowest BCUT2D eigenvalue weighted by atomic mass is 9.99. The topological polar surface area (TPSA) is 46.3 Å². The van der Waals surface area contributed by atoms with Crippen LogP contribution in [0.15, 0.2) is 24.3 Å². The normalized spacial score (nSPS) is 20.6. The molecule has 1 saturated heterocycles. The number of carbonyl (C=O) groups is 1. The van der Waals surface area contributed by atoms with Crippen molar-refractivity contribution in [2.75, 3.05) is 19.6 Å². The summed E-state index contributed by atoms with van der Waals surface area (Å²) in [6.07, 6.45) is 1.92. The van der Waals surface area contributed by atoms with Crippen LogP contribution in [0, 0.1) is 17.7 Å². The van der Waals surface area contributed by atoms with E-state index in [9.17, 15) is 9.18 Å². The summed E-state index contributed by atoms with van der Waals surface area (Å²) in [5.41, 5.74) is 6.66. The van der Waals surface area contributed by atoms with Crippen LogP contribution in [-0.4, -0.2) is 30.4 Å². The molecule has 19 heavy (non-hydrogen) atoms. The van der Waals surface area contributed by atoms with Gasteiger partial charge in [0.05, 0.1) is 0 Å². The van der Waals surface area contributed by atoms with Gasteiger partial charge in [0, 0.05) is 25.6 Å². The Kier molecular flexibility index (Phi) is 4.53. The monoisotopic (exact) mass is 264 g/mol. The lowest BCUT2D eigenvalue weighted by Crippen LogP contribution is -2.36. The molecule has 1 aromatic carbocycles. The maximum Gasteiger partial charge on any atom is 0.226 e. The first kappa shape index (κ1) is 14.0. The third-order valence-corrected chi connectivity index (χ3v) is 3.81. The Morgan fingerprint density at radius 3 is 2.79 bits per heavy atom. The van der Waals surface area contributed by atoms with Crippen molar-refractivity contribution in [1.29, 1.82) is 0 Å². The predicted molar refractivity (Wildman–Crippen MR) is 73.0 cm³/mol. The fourth-order valence-corrected chi connectivity index (χ4v) is 2.57. The summed E-state index contributed by atoms with van der Waals surface area (Å²) in [4.78, 5) is 13.9. The molecule has 0 spiro atoms. The number of nitrogens with two attached hydrogens (primary N) is 1. The van der Waals surface area contributed by atoms with E-state index in [4.69, 9.17) is 5.73 Å². The summed E-state index contributed by atoms with van der Waals surface area (Å²) in [6, 6.07) is 6.62. The molecule has 1 aliphatic heterocycles. The van der Waals surface area contributed by atoms with Crippen molar-refractivity contribution in [1.82, 2.24) is 4.90 Å². The quantitative estimate of drug-likeness (QED) is 0.901. The van der Waals surface area contributed by atoms with E-state index in [1.54, 1.807) is 0 Å². The van der Waals surface area contributed by atoms with Crippen molar-refractivity contribution < 1.29 is 9.18 Å². The number of carbonyl (C=O) groups excluding carboxylic acids is 1. The maximum absolute atomic E-state index is 12.8. The van der Waals surface area contributed by atoms with Crippen LogP contribution in [0.25, 0.3) is 0 Å². The smallest absolute Gasteiger partial charge is 0.226 e. The van der Waals surface area contributed by atoms with Gasteiger partial charge < -0.3 is 10.6 Å². The second kappa shape index (κ2) is 6.15. The molecule has 2 atom stereocenters. The Bertz CT molecular complexity index is 432. The molecule has 4 heteroatoms. The average molecular weight is 264 g/mol. The first-order chi connectivity index (χ1) is 9.10. The van der Waals surface area contributed by atoms with Crippen molar-refractivity contribution >= 4 is 5.91 Å². The molecule has 1 amide bonds. The fourth-order valence-electron chi connectivity index (χ4n) is 2.57. The standard InChI is InChI=1S/C15H21FN2O/c1-11(9-17)15(19)18-7-6-13(10-18)8-12-2-4-14(16)5-3-12/h2-5,11,13H,6-10,17H2,1H3. The van der Waals surface area contributed by atoms with Gasteiger partial charge in [-0.05, 0) is 36.5 Å². The van der Waals surface area contributed by atoms with Crippen molar-refractivity contribution in [2.45, 2.75) is 19.8 Å². The molecule has 2 N–H and O–H groups in total. The molecule has 0 radical (unpaired) electrons. The van der Waals surface area contributed by atoms with E-state index in [-0.39, 0.29) is 17.6 Å². The number of benzene rings is 1. The zero-order valence-electron chi connectivity index (χ0n) is 11.3. The molecular formula is C15H21FN2O. The zero-order chi connectivity index (χ0) is 13.8. The van der Waals surface area contributed by atoms with E-state index in [0.29, 0.717) is 12.5 Å². The van der Waals surface area contributed by atoms with Gasteiger partial charge in [0.15, 0.2) is 0 Å². The van der Waals surface area contributed by atoms with Crippen LogP contribution in [0.4, 0.5) is 4.39 Å². The minimum atomic E-state index is -0.205. The first-order valence-corrected chi connectivity index (χ1v) is 6.83. The van der Waals surface area contributed by atoms with Gasteiger partial charge in [0.1, 0.15) is 5.82 Å². The first-order valence-electron chi connectivity index (χ1n) is 6.83. The Hall–Kier alpha value is -1.42. The highest BCUT2D eigenvalue weighted by Crippen LogP contribution is 2.22. The molecule has 1 aromatic rings. The van der Waals surface area contributed by atoms with Gasteiger partial charge in [-0.15, -0.1) is 0 Å². The van der Waals surface area contributed by atoms with E-state index in [1.807, 2.05) is 24.0 Å². The van der Waals surface area contributed by atoms with Crippen LogP contribution >= 0.6 is 0 Å². The fraction of sp³-hybridized carbons (Fsp3) is 0.533. The molecule has 1 fully saturated rings. The minimum Gasteiger partial charge on any atom is -0.342 e. The Morgan fingerprint density at radius 1 is 1.47 bits per heavy atom.